The average molecular weight is 355 g/mol. The number of ether oxygens (including phenoxy) is 1. The van der Waals surface area contributed by atoms with Crippen LogP contribution in [0.2, 0.25) is 5.02 Å². The number of hydrogen-bond donors (Lipinski definition) is 2. The lowest BCUT2D eigenvalue weighted by atomic mass is 10.3. The largest absolute Gasteiger partial charge is 0.497 e. The molecule has 3 rings (SSSR count). The summed E-state index contributed by atoms with van der Waals surface area (Å²) in [6.45, 7) is 0. The monoisotopic (exact) mass is 354 g/mol. The molecule has 6 nitrogen and oxygen atoms in total. The molecule has 1 amide bonds. The molecule has 0 unspecified atom stereocenters. The number of carbonyl (C=O) groups excluding carboxylic acids is 1. The number of hydrogen-bond acceptors (Lipinski definition) is 5. The first-order valence-corrected chi connectivity index (χ1v) is 7.82. The van der Waals surface area contributed by atoms with E-state index in [9.17, 15) is 4.79 Å². The Kier molecular flexibility index (Phi) is 5.11. The van der Waals surface area contributed by atoms with Gasteiger partial charge in [0.25, 0.3) is 5.91 Å². The van der Waals surface area contributed by atoms with Gasteiger partial charge in [-0.1, -0.05) is 17.7 Å². The number of methoxy groups -OCH3 is 1. The fourth-order valence-electron chi connectivity index (χ4n) is 2.09. The van der Waals surface area contributed by atoms with Gasteiger partial charge in [0.1, 0.15) is 17.3 Å². The molecule has 0 radical (unpaired) electrons. The number of halogens is 1. The second kappa shape index (κ2) is 7.63. The van der Waals surface area contributed by atoms with Gasteiger partial charge >= 0.3 is 0 Å². The number of rotatable bonds is 5. The van der Waals surface area contributed by atoms with Gasteiger partial charge in [-0.3, -0.25) is 4.79 Å². The Hall–Kier alpha value is -3.12. The van der Waals surface area contributed by atoms with Crippen molar-refractivity contribution in [2.45, 2.75) is 0 Å². The maximum Gasteiger partial charge on any atom is 0.275 e. The van der Waals surface area contributed by atoms with Crippen LogP contribution in [0.4, 0.5) is 17.2 Å². The molecule has 0 spiro atoms. The Morgan fingerprint density at radius 1 is 1.04 bits per heavy atom. The van der Waals surface area contributed by atoms with Crippen molar-refractivity contribution in [1.82, 2.24) is 9.97 Å². The Bertz CT molecular complexity index is 867. The highest BCUT2D eigenvalue weighted by Crippen LogP contribution is 2.20. The summed E-state index contributed by atoms with van der Waals surface area (Å²) in [5, 5.41) is 6.44. The average Bonchev–Trinajstić information content (AvgIpc) is 2.64. The standard InChI is InChI=1S/C18H15ClN4O2/c1-25-15-4-2-3-14(9-15)22-17-11-20-16(10-21-17)18(24)23-13-7-5-12(19)6-8-13/h2-11H,1H3,(H,21,22)(H,23,24). The predicted molar refractivity (Wildman–Crippen MR) is 97.7 cm³/mol. The van der Waals surface area contributed by atoms with Crippen LogP contribution in [-0.4, -0.2) is 23.0 Å². The fourth-order valence-corrected chi connectivity index (χ4v) is 2.21. The van der Waals surface area contributed by atoms with E-state index < -0.39 is 0 Å². The Balaban J connectivity index is 1.66. The topological polar surface area (TPSA) is 76.1 Å². The van der Waals surface area contributed by atoms with Crippen LogP contribution in [0.1, 0.15) is 10.5 Å². The first-order chi connectivity index (χ1) is 12.1. The van der Waals surface area contributed by atoms with Crippen molar-refractivity contribution >= 4 is 34.7 Å². The third-order valence-electron chi connectivity index (χ3n) is 3.33. The minimum atomic E-state index is -0.345. The highest BCUT2D eigenvalue weighted by molar-refractivity contribution is 6.30. The van der Waals surface area contributed by atoms with Gasteiger partial charge in [-0.15, -0.1) is 0 Å². The fraction of sp³-hybridized carbons (Fsp3) is 0.0556. The summed E-state index contributed by atoms with van der Waals surface area (Å²) in [5.74, 6) is 0.913. The molecule has 0 aliphatic heterocycles. The molecular weight excluding hydrogens is 340 g/mol. The molecule has 25 heavy (non-hydrogen) atoms. The van der Waals surface area contributed by atoms with E-state index in [0.717, 1.165) is 11.4 Å². The number of amides is 1. The van der Waals surface area contributed by atoms with Crippen molar-refractivity contribution in [2.75, 3.05) is 17.7 Å². The number of carbonyl (C=O) groups is 1. The van der Waals surface area contributed by atoms with Crippen LogP contribution in [0.5, 0.6) is 5.75 Å². The van der Waals surface area contributed by atoms with Crippen molar-refractivity contribution < 1.29 is 9.53 Å². The van der Waals surface area contributed by atoms with Crippen LogP contribution in [-0.2, 0) is 0 Å². The predicted octanol–water partition coefficient (Wildman–Crippen LogP) is 4.13. The van der Waals surface area contributed by atoms with E-state index >= 15 is 0 Å². The molecule has 0 bridgehead atoms. The van der Waals surface area contributed by atoms with Crippen LogP contribution in [0.15, 0.2) is 60.9 Å². The Labute approximate surface area is 149 Å². The highest BCUT2D eigenvalue weighted by Gasteiger charge is 2.09. The van der Waals surface area contributed by atoms with Gasteiger partial charge in [0.05, 0.1) is 19.5 Å². The molecule has 2 N–H and O–H groups in total. The third-order valence-corrected chi connectivity index (χ3v) is 3.58. The van der Waals surface area contributed by atoms with Gasteiger partial charge in [0.15, 0.2) is 0 Å². The lowest BCUT2D eigenvalue weighted by Gasteiger charge is -2.08. The van der Waals surface area contributed by atoms with Gasteiger partial charge in [0, 0.05) is 22.5 Å². The molecular formula is C18H15ClN4O2. The molecule has 0 atom stereocenters. The van der Waals surface area contributed by atoms with Crippen molar-refractivity contribution in [2.24, 2.45) is 0 Å². The molecule has 1 heterocycles. The maximum absolute atomic E-state index is 12.2. The second-order valence-electron chi connectivity index (χ2n) is 5.10. The van der Waals surface area contributed by atoms with E-state index in [1.165, 1.54) is 12.4 Å². The van der Waals surface area contributed by atoms with E-state index in [-0.39, 0.29) is 11.6 Å². The number of nitrogens with one attached hydrogen (secondary N) is 2. The number of aromatic nitrogens is 2. The molecule has 0 aliphatic carbocycles. The van der Waals surface area contributed by atoms with E-state index in [1.54, 1.807) is 31.4 Å². The second-order valence-corrected chi connectivity index (χ2v) is 5.54. The van der Waals surface area contributed by atoms with Gasteiger partial charge in [-0.25, -0.2) is 9.97 Å². The first-order valence-electron chi connectivity index (χ1n) is 7.44. The number of benzene rings is 2. The third kappa shape index (κ3) is 4.45. The van der Waals surface area contributed by atoms with Gasteiger partial charge in [-0.05, 0) is 36.4 Å². The SMILES string of the molecule is COc1cccc(Nc2cnc(C(=O)Nc3ccc(Cl)cc3)cn2)c1. The zero-order valence-corrected chi connectivity index (χ0v) is 14.1. The summed E-state index contributed by atoms with van der Waals surface area (Å²) in [6, 6.07) is 14.3. The highest BCUT2D eigenvalue weighted by atomic mass is 35.5. The van der Waals surface area contributed by atoms with E-state index in [1.807, 2.05) is 24.3 Å². The summed E-state index contributed by atoms with van der Waals surface area (Å²) >= 11 is 5.82. The van der Waals surface area contributed by atoms with Crippen molar-refractivity contribution in [1.29, 1.82) is 0 Å². The summed E-state index contributed by atoms with van der Waals surface area (Å²) in [7, 11) is 1.60. The molecule has 0 fully saturated rings. The van der Waals surface area contributed by atoms with E-state index in [0.29, 0.717) is 16.5 Å². The van der Waals surface area contributed by atoms with Crippen LogP contribution in [0.3, 0.4) is 0 Å². The summed E-state index contributed by atoms with van der Waals surface area (Å²) in [6.07, 6.45) is 2.91. The molecule has 7 heteroatoms. The zero-order valence-electron chi connectivity index (χ0n) is 13.4. The molecule has 0 saturated heterocycles. The Morgan fingerprint density at radius 2 is 1.84 bits per heavy atom. The van der Waals surface area contributed by atoms with Crippen LogP contribution >= 0.6 is 11.6 Å². The number of anilines is 3. The molecule has 2 aromatic carbocycles. The smallest absolute Gasteiger partial charge is 0.275 e. The molecule has 0 saturated carbocycles. The van der Waals surface area contributed by atoms with E-state index in [4.69, 9.17) is 16.3 Å². The normalized spacial score (nSPS) is 10.2. The van der Waals surface area contributed by atoms with Gasteiger partial charge in [0.2, 0.25) is 0 Å². The summed E-state index contributed by atoms with van der Waals surface area (Å²) in [4.78, 5) is 20.5. The minimum absolute atomic E-state index is 0.214. The molecule has 1 aromatic heterocycles. The maximum atomic E-state index is 12.2. The van der Waals surface area contributed by atoms with Crippen LogP contribution in [0.25, 0.3) is 0 Å². The summed E-state index contributed by atoms with van der Waals surface area (Å²) < 4.78 is 5.17. The van der Waals surface area contributed by atoms with E-state index in [2.05, 4.69) is 20.6 Å². The first kappa shape index (κ1) is 16.7. The van der Waals surface area contributed by atoms with Crippen molar-refractivity contribution in [3.8, 4) is 5.75 Å². The molecule has 126 valence electrons. The molecule has 0 aliphatic rings. The van der Waals surface area contributed by atoms with Crippen LogP contribution in [0, 0.1) is 0 Å². The lowest BCUT2D eigenvalue weighted by Crippen LogP contribution is -2.14. The number of nitrogens with zero attached hydrogens (tertiary/aromatic N) is 2. The van der Waals surface area contributed by atoms with Crippen molar-refractivity contribution in [3.63, 3.8) is 0 Å². The molecule has 3 aromatic rings. The Morgan fingerprint density at radius 3 is 2.52 bits per heavy atom. The van der Waals surface area contributed by atoms with Gasteiger partial charge in [-0.2, -0.15) is 0 Å². The van der Waals surface area contributed by atoms with Crippen molar-refractivity contribution in [3.05, 3.63) is 71.6 Å². The van der Waals surface area contributed by atoms with Gasteiger partial charge < -0.3 is 15.4 Å². The minimum Gasteiger partial charge on any atom is -0.497 e. The zero-order chi connectivity index (χ0) is 17.6. The quantitative estimate of drug-likeness (QED) is 0.720. The van der Waals surface area contributed by atoms with Crippen LogP contribution < -0.4 is 15.4 Å². The lowest BCUT2D eigenvalue weighted by molar-refractivity contribution is 0.102. The summed E-state index contributed by atoms with van der Waals surface area (Å²) in [5.41, 5.74) is 1.66.